The summed E-state index contributed by atoms with van der Waals surface area (Å²) < 4.78 is 42.7. The lowest BCUT2D eigenvalue weighted by molar-refractivity contribution is -0.137. The van der Waals surface area contributed by atoms with Crippen molar-refractivity contribution in [2.24, 2.45) is 0 Å². The van der Waals surface area contributed by atoms with Crippen molar-refractivity contribution < 1.29 is 17.9 Å². The monoisotopic (exact) mass is 288 g/mol. The molecule has 0 amide bonds. The zero-order valence-corrected chi connectivity index (χ0v) is 10.2. The van der Waals surface area contributed by atoms with Crippen LogP contribution in [0.25, 0.3) is 0 Å². The highest BCUT2D eigenvalue weighted by Crippen LogP contribution is 2.31. The zero-order valence-electron chi connectivity index (χ0n) is 9.49. The van der Waals surface area contributed by atoms with Crippen molar-refractivity contribution in [3.8, 4) is 5.75 Å². The van der Waals surface area contributed by atoms with Gasteiger partial charge in [0.1, 0.15) is 18.1 Å². The molecule has 1 aromatic heterocycles. The van der Waals surface area contributed by atoms with Gasteiger partial charge in [-0.2, -0.15) is 18.3 Å². The molecule has 0 aliphatic heterocycles. The number of rotatable bonds is 3. The molecule has 0 spiro atoms. The molecular weight excluding hydrogens is 281 g/mol. The van der Waals surface area contributed by atoms with Crippen molar-refractivity contribution in [2.45, 2.75) is 12.8 Å². The molecule has 0 bridgehead atoms. The van der Waals surface area contributed by atoms with Gasteiger partial charge in [-0.05, 0) is 30.3 Å². The number of ether oxygens (including phenoxy) is 1. The van der Waals surface area contributed by atoms with E-state index in [2.05, 4.69) is 10.2 Å². The SMILES string of the molecule is FC(F)(F)c1cccc(OCc2ccc(Cl)nn2)c1. The van der Waals surface area contributed by atoms with Crippen molar-refractivity contribution in [1.29, 1.82) is 0 Å². The lowest BCUT2D eigenvalue weighted by Gasteiger charge is -2.09. The third-order valence-electron chi connectivity index (χ3n) is 2.24. The third kappa shape index (κ3) is 3.82. The summed E-state index contributed by atoms with van der Waals surface area (Å²) in [5.41, 5.74) is -0.283. The summed E-state index contributed by atoms with van der Waals surface area (Å²) in [4.78, 5) is 0. The van der Waals surface area contributed by atoms with Crippen LogP contribution in [0.15, 0.2) is 36.4 Å². The van der Waals surface area contributed by atoms with Gasteiger partial charge in [-0.25, -0.2) is 0 Å². The Morgan fingerprint density at radius 2 is 1.89 bits per heavy atom. The molecule has 3 nitrogen and oxygen atoms in total. The molecule has 0 saturated carbocycles. The first kappa shape index (κ1) is 13.6. The Kier molecular flexibility index (Phi) is 3.90. The number of hydrogen-bond acceptors (Lipinski definition) is 3. The summed E-state index contributed by atoms with van der Waals surface area (Å²) >= 11 is 5.56. The van der Waals surface area contributed by atoms with Crippen molar-refractivity contribution in [3.63, 3.8) is 0 Å². The molecule has 100 valence electrons. The van der Waals surface area contributed by atoms with Crippen LogP contribution in [0.4, 0.5) is 13.2 Å². The minimum atomic E-state index is -4.39. The van der Waals surface area contributed by atoms with Gasteiger partial charge in [0, 0.05) is 0 Å². The Morgan fingerprint density at radius 3 is 2.53 bits per heavy atom. The van der Waals surface area contributed by atoms with E-state index >= 15 is 0 Å². The normalized spacial score (nSPS) is 11.4. The van der Waals surface area contributed by atoms with E-state index in [0.29, 0.717) is 5.69 Å². The molecule has 0 unspecified atom stereocenters. The Balaban J connectivity index is 2.05. The van der Waals surface area contributed by atoms with Crippen LogP contribution in [0.2, 0.25) is 5.15 Å². The predicted molar refractivity (Wildman–Crippen MR) is 62.8 cm³/mol. The van der Waals surface area contributed by atoms with Gasteiger partial charge in [0.2, 0.25) is 0 Å². The molecule has 0 aliphatic rings. The number of alkyl halides is 3. The maximum absolute atomic E-state index is 12.5. The summed E-state index contributed by atoms with van der Waals surface area (Å²) in [5.74, 6) is 0.117. The van der Waals surface area contributed by atoms with Crippen molar-refractivity contribution in [1.82, 2.24) is 10.2 Å². The molecule has 1 aromatic carbocycles. The van der Waals surface area contributed by atoms with E-state index in [-0.39, 0.29) is 17.5 Å². The largest absolute Gasteiger partial charge is 0.487 e. The quantitative estimate of drug-likeness (QED) is 0.863. The van der Waals surface area contributed by atoms with Crippen LogP contribution in [0.5, 0.6) is 5.75 Å². The summed E-state index contributed by atoms with van der Waals surface area (Å²) in [6.07, 6.45) is -4.39. The van der Waals surface area contributed by atoms with E-state index in [0.717, 1.165) is 12.1 Å². The predicted octanol–water partition coefficient (Wildman–Crippen LogP) is 3.73. The Bertz CT molecular complexity index is 558. The number of nitrogens with zero attached hydrogens (tertiary/aromatic N) is 2. The Morgan fingerprint density at radius 1 is 1.11 bits per heavy atom. The standard InChI is InChI=1S/C12H8ClF3N2O/c13-11-5-4-9(17-18-11)7-19-10-3-1-2-8(6-10)12(14,15)16/h1-6H,7H2. The van der Waals surface area contributed by atoms with Crippen molar-refractivity contribution in [2.75, 3.05) is 0 Å². The molecule has 1 heterocycles. The van der Waals surface area contributed by atoms with Crippen LogP contribution < -0.4 is 4.74 Å². The summed E-state index contributed by atoms with van der Waals surface area (Å²) in [5, 5.41) is 7.58. The van der Waals surface area contributed by atoms with Gasteiger partial charge in [0.25, 0.3) is 0 Å². The van der Waals surface area contributed by atoms with E-state index in [1.165, 1.54) is 18.2 Å². The van der Waals surface area contributed by atoms with Crippen LogP contribution in [0.1, 0.15) is 11.3 Å². The second kappa shape index (κ2) is 5.44. The van der Waals surface area contributed by atoms with Gasteiger partial charge >= 0.3 is 6.18 Å². The molecule has 0 fully saturated rings. The topological polar surface area (TPSA) is 35.0 Å². The van der Waals surface area contributed by atoms with Crippen LogP contribution >= 0.6 is 11.6 Å². The first-order valence-corrected chi connectivity index (χ1v) is 5.61. The highest BCUT2D eigenvalue weighted by atomic mass is 35.5. The molecule has 0 N–H and O–H groups in total. The minimum absolute atomic E-state index is 0.0193. The molecule has 0 atom stereocenters. The molecule has 2 aromatic rings. The second-order valence-electron chi connectivity index (χ2n) is 3.66. The van der Waals surface area contributed by atoms with Crippen molar-refractivity contribution in [3.05, 3.63) is 52.8 Å². The van der Waals surface area contributed by atoms with Crippen LogP contribution in [-0.2, 0) is 12.8 Å². The molecule has 0 aliphatic carbocycles. The Labute approximate surface area is 112 Å². The molecule has 2 rings (SSSR count). The van der Waals surface area contributed by atoms with E-state index in [1.54, 1.807) is 6.07 Å². The Hall–Kier alpha value is -1.82. The molecular formula is C12H8ClF3N2O. The fourth-order valence-corrected chi connectivity index (χ4v) is 1.44. The lowest BCUT2D eigenvalue weighted by atomic mass is 10.2. The highest BCUT2D eigenvalue weighted by molar-refractivity contribution is 6.29. The van der Waals surface area contributed by atoms with Crippen LogP contribution in [0.3, 0.4) is 0 Å². The molecule has 0 radical (unpaired) electrons. The molecule has 0 saturated heterocycles. The third-order valence-corrected chi connectivity index (χ3v) is 2.44. The van der Waals surface area contributed by atoms with Crippen molar-refractivity contribution >= 4 is 11.6 Å². The molecule has 19 heavy (non-hydrogen) atoms. The average molecular weight is 289 g/mol. The van der Waals surface area contributed by atoms with Gasteiger partial charge in [0.15, 0.2) is 5.15 Å². The lowest BCUT2D eigenvalue weighted by Crippen LogP contribution is -2.05. The number of hydrogen-bond donors (Lipinski definition) is 0. The van der Waals surface area contributed by atoms with Crippen LogP contribution in [-0.4, -0.2) is 10.2 Å². The van der Waals surface area contributed by atoms with Gasteiger partial charge in [-0.3, -0.25) is 0 Å². The average Bonchev–Trinajstić information content (AvgIpc) is 2.37. The summed E-state index contributed by atoms with van der Waals surface area (Å²) in [7, 11) is 0. The smallest absolute Gasteiger partial charge is 0.416 e. The van der Waals surface area contributed by atoms with Gasteiger partial charge in [-0.15, -0.1) is 5.10 Å². The maximum atomic E-state index is 12.5. The number of halogens is 4. The van der Waals surface area contributed by atoms with E-state index in [4.69, 9.17) is 16.3 Å². The molecule has 7 heteroatoms. The minimum Gasteiger partial charge on any atom is -0.487 e. The first-order chi connectivity index (χ1) is 8.95. The zero-order chi connectivity index (χ0) is 13.9. The van der Waals surface area contributed by atoms with E-state index in [1.807, 2.05) is 0 Å². The fourth-order valence-electron chi connectivity index (χ4n) is 1.34. The van der Waals surface area contributed by atoms with E-state index in [9.17, 15) is 13.2 Å². The maximum Gasteiger partial charge on any atom is 0.416 e. The fraction of sp³-hybridized carbons (Fsp3) is 0.167. The van der Waals surface area contributed by atoms with E-state index < -0.39 is 11.7 Å². The van der Waals surface area contributed by atoms with Gasteiger partial charge in [-0.1, -0.05) is 17.7 Å². The van der Waals surface area contributed by atoms with Gasteiger partial charge in [0.05, 0.1) is 5.56 Å². The second-order valence-corrected chi connectivity index (χ2v) is 4.05. The van der Waals surface area contributed by atoms with Crippen LogP contribution in [0, 0.1) is 0 Å². The first-order valence-electron chi connectivity index (χ1n) is 5.23. The summed E-state index contributed by atoms with van der Waals surface area (Å²) in [6, 6.07) is 7.75. The highest BCUT2D eigenvalue weighted by Gasteiger charge is 2.30. The number of benzene rings is 1. The van der Waals surface area contributed by atoms with Gasteiger partial charge < -0.3 is 4.74 Å². The number of aromatic nitrogens is 2. The summed E-state index contributed by atoms with van der Waals surface area (Å²) in [6.45, 7) is 0.0193.